The predicted molar refractivity (Wildman–Crippen MR) is 74.9 cm³/mol. The van der Waals surface area contributed by atoms with Crippen LogP contribution in [0, 0.1) is 0 Å². The van der Waals surface area contributed by atoms with Crippen LogP contribution in [-0.4, -0.2) is 18.1 Å². The van der Waals surface area contributed by atoms with Crippen molar-refractivity contribution in [2.75, 3.05) is 11.9 Å². The fourth-order valence-electron chi connectivity index (χ4n) is 1.59. The van der Waals surface area contributed by atoms with Crippen molar-refractivity contribution in [1.29, 1.82) is 0 Å². The molecule has 0 aromatic carbocycles. The first kappa shape index (κ1) is 13.1. The van der Waals surface area contributed by atoms with Crippen LogP contribution in [0.3, 0.4) is 0 Å². The van der Waals surface area contributed by atoms with Crippen molar-refractivity contribution in [2.45, 2.75) is 33.0 Å². The van der Waals surface area contributed by atoms with Gasteiger partial charge in [-0.3, -0.25) is 0 Å². The molecule has 0 atom stereocenters. The zero-order chi connectivity index (χ0) is 13.0. The number of furan rings is 1. The third-order valence-corrected chi connectivity index (χ3v) is 3.56. The molecule has 2 aromatic heterocycles. The second-order valence-electron chi connectivity index (χ2n) is 4.64. The standard InChI is InChI=1S/C13H19N3OS/c1-10(2)14-6-12-9-18-13(15-12)16(3)7-11-4-5-17-8-11/h4-5,8-10,14H,6-7H2,1-3H3. The van der Waals surface area contributed by atoms with Gasteiger partial charge in [0.05, 0.1) is 18.2 Å². The molecule has 0 fully saturated rings. The first-order valence-electron chi connectivity index (χ1n) is 6.05. The Bertz CT molecular complexity index is 464. The van der Waals surface area contributed by atoms with E-state index in [1.165, 1.54) is 0 Å². The summed E-state index contributed by atoms with van der Waals surface area (Å²) in [5.74, 6) is 0. The van der Waals surface area contributed by atoms with Crippen LogP contribution in [0.2, 0.25) is 0 Å². The highest BCUT2D eigenvalue weighted by Gasteiger charge is 2.08. The van der Waals surface area contributed by atoms with Gasteiger partial charge in [-0.05, 0) is 6.07 Å². The van der Waals surface area contributed by atoms with E-state index in [1.54, 1.807) is 23.9 Å². The van der Waals surface area contributed by atoms with Gasteiger partial charge in [0.1, 0.15) is 0 Å². The Balaban J connectivity index is 1.92. The number of nitrogens with one attached hydrogen (secondary N) is 1. The van der Waals surface area contributed by atoms with Crippen molar-refractivity contribution in [3.05, 3.63) is 35.2 Å². The van der Waals surface area contributed by atoms with Gasteiger partial charge in [0.2, 0.25) is 0 Å². The van der Waals surface area contributed by atoms with E-state index in [0.29, 0.717) is 6.04 Å². The second kappa shape index (κ2) is 6.02. The van der Waals surface area contributed by atoms with Crippen LogP contribution in [0.25, 0.3) is 0 Å². The maximum Gasteiger partial charge on any atom is 0.185 e. The van der Waals surface area contributed by atoms with Crippen LogP contribution < -0.4 is 10.2 Å². The number of thiazole rings is 1. The Morgan fingerprint density at radius 3 is 3.00 bits per heavy atom. The summed E-state index contributed by atoms with van der Waals surface area (Å²) in [5.41, 5.74) is 2.26. The molecule has 2 heterocycles. The second-order valence-corrected chi connectivity index (χ2v) is 5.48. The molecule has 0 aliphatic carbocycles. The lowest BCUT2D eigenvalue weighted by molar-refractivity contribution is 0.563. The molecule has 0 aliphatic rings. The molecule has 2 aromatic rings. The van der Waals surface area contributed by atoms with Crippen LogP contribution in [0.4, 0.5) is 5.13 Å². The molecule has 0 bridgehead atoms. The minimum atomic E-state index is 0.485. The number of rotatable bonds is 6. The predicted octanol–water partition coefficient (Wildman–Crippen LogP) is 2.87. The van der Waals surface area contributed by atoms with Gasteiger partial charge in [0.25, 0.3) is 0 Å². The molecule has 0 saturated heterocycles. The molecule has 18 heavy (non-hydrogen) atoms. The third-order valence-electron chi connectivity index (χ3n) is 2.56. The number of hydrogen-bond donors (Lipinski definition) is 1. The van der Waals surface area contributed by atoms with E-state index >= 15 is 0 Å². The zero-order valence-electron chi connectivity index (χ0n) is 11.0. The minimum absolute atomic E-state index is 0.485. The summed E-state index contributed by atoms with van der Waals surface area (Å²) in [4.78, 5) is 6.75. The summed E-state index contributed by atoms with van der Waals surface area (Å²) in [6.45, 7) is 5.92. The summed E-state index contributed by atoms with van der Waals surface area (Å²) in [7, 11) is 2.05. The molecule has 0 saturated carbocycles. The average molecular weight is 265 g/mol. The summed E-state index contributed by atoms with van der Waals surface area (Å²) in [6.07, 6.45) is 3.47. The van der Waals surface area contributed by atoms with Gasteiger partial charge in [-0.15, -0.1) is 11.3 Å². The largest absolute Gasteiger partial charge is 0.472 e. The summed E-state index contributed by atoms with van der Waals surface area (Å²) in [5, 5.41) is 6.52. The number of aromatic nitrogens is 1. The molecule has 0 amide bonds. The Labute approximate surface area is 112 Å². The zero-order valence-corrected chi connectivity index (χ0v) is 11.8. The molecule has 2 rings (SSSR count). The SMILES string of the molecule is CC(C)NCc1csc(N(C)Cc2ccoc2)n1. The Morgan fingerprint density at radius 1 is 1.50 bits per heavy atom. The van der Waals surface area contributed by atoms with Crippen LogP contribution >= 0.6 is 11.3 Å². The fraction of sp³-hybridized carbons (Fsp3) is 0.462. The average Bonchev–Trinajstić information content (AvgIpc) is 2.96. The first-order chi connectivity index (χ1) is 8.65. The summed E-state index contributed by atoms with van der Waals surface area (Å²) < 4.78 is 5.07. The van der Waals surface area contributed by atoms with Crippen molar-refractivity contribution in [1.82, 2.24) is 10.3 Å². The maximum absolute atomic E-state index is 5.07. The molecule has 0 radical (unpaired) electrons. The molecule has 1 N–H and O–H groups in total. The van der Waals surface area contributed by atoms with E-state index in [4.69, 9.17) is 4.42 Å². The van der Waals surface area contributed by atoms with Crippen molar-refractivity contribution in [3.63, 3.8) is 0 Å². The summed E-state index contributed by atoms with van der Waals surface area (Å²) >= 11 is 1.68. The number of anilines is 1. The van der Waals surface area contributed by atoms with Crippen LogP contribution in [0.1, 0.15) is 25.1 Å². The third kappa shape index (κ3) is 3.58. The van der Waals surface area contributed by atoms with Gasteiger partial charge in [-0.25, -0.2) is 4.98 Å². The number of nitrogens with zero attached hydrogens (tertiary/aromatic N) is 2. The van der Waals surface area contributed by atoms with Crippen molar-refractivity contribution in [2.24, 2.45) is 0 Å². The lowest BCUT2D eigenvalue weighted by Gasteiger charge is -2.14. The smallest absolute Gasteiger partial charge is 0.185 e. The number of hydrogen-bond acceptors (Lipinski definition) is 5. The molecule has 98 valence electrons. The van der Waals surface area contributed by atoms with E-state index in [-0.39, 0.29) is 0 Å². The van der Waals surface area contributed by atoms with Crippen LogP contribution in [0.15, 0.2) is 28.4 Å². The molecule has 0 spiro atoms. The molecular formula is C13H19N3OS. The molecular weight excluding hydrogens is 246 g/mol. The van der Waals surface area contributed by atoms with Crippen molar-refractivity contribution >= 4 is 16.5 Å². The lowest BCUT2D eigenvalue weighted by Crippen LogP contribution is -2.22. The van der Waals surface area contributed by atoms with Gasteiger partial charge in [0.15, 0.2) is 5.13 Å². The van der Waals surface area contributed by atoms with E-state index in [2.05, 4.69) is 34.4 Å². The van der Waals surface area contributed by atoms with Gasteiger partial charge < -0.3 is 14.6 Å². The topological polar surface area (TPSA) is 41.3 Å². The molecule has 5 heteroatoms. The Hall–Kier alpha value is -1.33. The van der Waals surface area contributed by atoms with Gasteiger partial charge in [0, 0.05) is 37.1 Å². The van der Waals surface area contributed by atoms with Gasteiger partial charge >= 0.3 is 0 Å². The minimum Gasteiger partial charge on any atom is -0.472 e. The monoisotopic (exact) mass is 265 g/mol. The van der Waals surface area contributed by atoms with E-state index in [1.807, 2.05) is 13.1 Å². The summed E-state index contributed by atoms with van der Waals surface area (Å²) in [6, 6.07) is 2.46. The van der Waals surface area contributed by atoms with Crippen LogP contribution in [0.5, 0.6) is 0 Å². The van der Waals surface area contributed by atoms with E-state index in [9.17, 15) is 0 Å². The molecule has 4 nitrogen and oxygen atoms in total. The van der Waals surface area contributed by atoms with Crippen molar-refractivity contribution < 1.29 is 4.42 Å². The van der Waals surface area contributed by atoms with Crippen molar-refractivity contribution in [3.8, 4) is 0 Å². The van der Waals surface area contributed by atoms with Crippen LogP contribution in [-0.2, 0) is 13.1 Å². The highest BCUT2D eigenvalue weighted by atomic mass is 32.1. The molecule has 0 unspecified atom stereocenters. The molecule has 0 aliphatic heterocycles. The Morgan fingerprint density at radius 2 is 2.33 bits per heavy atom. The lowest BCUT2D eigenvalue weighted by atomic mass is 10.3. The highest BCUT2D eigenvalue weighted by molar-refractivity contribution is 7.13. The quantitative estimate of drug-likeness (QED) is 0.872. The fourth-order valence-corrected chi connectivity index (χ4v) is 2.38. The highest BCUT2D eigenvalue weighted by Crippen LogP contribution is 2.21. The van der Waals surface area contributed by atoms with Gasteiger partial charge in [-0.2, -0.15) is 0 Å². The van der Waals surface area contributed by atoms with E-state index < -0.39 is 0 Å². The first-order valence-corrected chi connectivity index (χ1v) is 6.93. The van der Waals surface area contributed by atoms with E-state index in [0.717, 1.165) is 29.5 Å². The normalized spacial score (nSPS) is 11.1. The maximum atomic E-state index is 5.07. The van der Waals surface area contributed by atoms with Gasteiger partial charge in [-0.1, -0.05) is 13.8 Å². The Kier molecular flexibility index (Phi) is 4.38.